The summed E-state index contributed by atoms with van der Waals surface area (Å²) < 4.78 is 16.6. The third-order valence-electron chi connectivity index (χ3n) is 2.93. The SMILES string of the molecule is COc1ccc(N)cc1OCC1CCC(C)O1. The van der Waals surface area contributed by atoms with Gasteiger partial charge in [0.25, 0.3) is 0 Å². The molecule has 4 nitrogen and oxygen atoms in total. The molecule has 1 aromatic carbocycles. The zero-order chi connectivity index (χ0) is 12.3. The second kappa shape index (κ2) is 5.27. The molecule has 2 unspecified atom stereocenters. The van der Waals surface area contributed by atoms with E-state index in [1.54, 1.807) is 19.2 Å². The lowest BCUT2D eigenvalue weighted by atomic mass is 10.2. The van der Waals surface area contributed by atoms with Gasteiger partial charge < -0.3 is 19.9 Å². The molecular formula is C13H19NO3. The molecule has 1 aliphatic heterocycles. The quantitative estimate of drug-likeness (QED) is 0.816. The molecular weight excluding hydrogens is 218 g/mol. The summed E-state index contributed by atoms with van der Waals surface area (Å²) in [5, 5.41) is 0. The molecule has 1 heterocycles. The van der Waals surface area contributed by atoms with Crippen LogP contribution in [0.1, 0.15) is 19.8 Å². The Bertz CT molecular complexity index is 381. The zero-order valence-electron chi connectivity index (χ0n) is 10.3. The van der Waals surface area contributed by atoms with E-state index in [0.29, 0.717) is 29.9 Å². The minimum absolute atomic E-state index is 0.177. The number of nitrogens with two attached hydrogens (primary N) is 1. The van der Waals surface area contributed by atoms with Crippen molar-refractivity contribution in [1.29, 1.82) is 0 Å². The van der Waals surface area contributed by atoms with Gasteiger partial charge in [0, 0.05) is 11.8 Å². The van der Waals surface area contributed by atoms with E-state index in [0.717, 1.165) is 12.8 Å². The van der Waals surface area contributed by atoms with Crippen LogP contribution < -0.4 is 15.2 Å². The Morgan fingerprint density at radius 3 is 2.82 bits per heavy atom. The average molecular weight is 237 g/mol. The molecule has 1 aliphatic rings. The first kappa shape index (κ1) is 12.0. The Morgan fingerprint density at radius 2 is 2.18 bits per heavy atom. The summed E-state index contributed by atoms with van der Waals surface area (Å²) in [4.78, 5) is 0. The molecule has 0 saturated carbocycles. The minimum Gasteiger partial charge on any atom is -0.493 e. The molecule has 4 heteroatoms. The van der Waals surface area contributed by atoms with Crippen LogP contribution in [-0.2, 0) is 4.74 Å². The fourth-order valence-corrected chi connectivity index (χ4v) is 2.00. The zero-order valence-corrected chi connectivity index (χ0v) is 10.3. The first-order valence-corrected chi connectivity index (χ1v) is 5.91. The number of hydrogen-bond donors (Lipinski definition) is 1. The van der Waals surface area contributed by atoms with E-state index in [9.17, 15) is 0 Å². The molecule has 94 valence electrons. The van der Waals surface area contributed by atoms with Gasteiger partial charge in [0.15, 0.2) is 11.5 Å². The standard InChI is InChI=1S/C13H19NO3/c1-9-3-5-11(17-9)8-16-13-7-10(14)4-6-12(13)15-2/h4,6-7,9,11H,3,5,8,14H2,1-2H3. The van der Waals surface area contributed by atoms with Gasteiger partial charge in [0.05, 0.1) is 19.3 Å². The third kappa shape index (κ3) is 3.03. The van der Waals surface area contributed by atoms with Gasteiger partial charge >= 0.3 is 0 Å². The molecule has 0 aliphatic carbocycles. The van der Waals surface area contributed by atoms with E-state index in [1.165, 1.54) is 0 Å². The molecule has 1 fully saturated rings. The fourth-order valence-electron chi connectivity index (χ4n) is 2.00. The number of benzene rings is 1. The Morgan fingerprint density at radius 1 is 1.35 bits per heavy atom. The minimum atomic E-state index is 0.177. The van der Waals surface area contributed by atoms with Gasteiger partial charge in [-0.1, -0.05) is 0 Å². The van der Waals surface area contributed by atoms with Crippen molar-refractivity contribution in [2.24, 2.45) is 0 Å². The Labute approximate surface area is 102 Å². The predicted molar refractivity (Wildman–Crippen MR) is 66.5 cm³/mol. The maximum atomic E-state index is 5.72. The van der Waals surface area contributed by atoms with E-state index in [-0.39, 0.29) is 6.10 Å². The second-order valence-corrected chi connectivity index (χ2v) is 4.37. The van der Waals surface area contributed by atoms with Crippen LogP contribution in [0.3, 0.4) is 0 Å². The maximum absolute atomic E-state index is 5.72. The van der Waals surface area contributed by atoms with Gasteiger partial charge in [0.2, 0.25) is 0 Å². The van der Waals surface area contributed by atoms with E-state index in [1.807, 2.05) is 6.07 Å². The smallest absolute Gasteiger partial charge is 0.163 e. The molecule has 0 radical (unpaired) electrons. The Hall–Kier alpha value is -1.42. The van der Waals surface area contributed by atoms with Gasteiger partial charge in [-0.25, -0.2) is 0 Å². The van der Waals surface area contributed by atoms with Crippen LogP contribution >= 0.6 is 0 Å². The summed E-state index contributed by atoms with van der Waals surface area (Å²) in [5.74, 6) is 1.38. The summed E-state index contributed by atoms with van der Waals surface area (Å²) >= 11 is 0. The van der Waals surface area contributed by atoms with Gasteiger partial charge in [-0.2, -0.15) is 0 Å². The monoisotopic (exact) mass is 237 g/mol. The molecule has 2 N–H and O–H groups in total. The average Bonchev–Trinajstić information content (AvgIpc) is 2.73. The van der Waals surface area contributed by atoms with Crippen LogP contribution in [0.2, 0.25) is 0 Å². The van der Waals surface area contributed by atoms with Gasteiger partial charge in [-0.15, -0.1) is 0 Å². The number of nitrogen functional groups attached to an aromatic ring is 1. The highest BCUT2D eigenvalue weighted by Crippen LogP contribution is 2.30. The Kier molecular flexibility index (Phi) is 3.74. The number of ether oxygens (including phenoxy) is 3. The first-order valence-electron chi connectivity index (χ1n) is 5.91. The van der Waals surface area contributed by atoms with Crippen LogP contribution in [-0.4, -0.2) is 25.9 Å². The van der Waals surface area contributed by atoms with E-state index < -0.39 is 0 Å². The van der Waals surface area contributed by atoms with Crippen molar-refractivity contribution in [2.45, 2.75) is 32.0 Å². The molecule has 0 aromatic heterocycles. The summed E-state index contributed by atoms with van der Waals surface area (Å²) in [6, 6.07) is 5.37. The van der Waals surface area contributed by atoms with E-state index in [4.69, 9.17) is 19.9 Å². The normalized spacial score (nSPS) is 23.6. The van der Waals surface area contributed by atoms with Crippen LogP contribution in [0, 0.1) is 0 Å². The van der Waals surface area contributed by atoms with Crippen LogP contribution in [0.4, 0.5) is 5.69 Å². The van der Waals surface area contributed by atoms with Gasteiger partial charge in [-0.05, 0) is 31.9 Å². The van der Waals surface area contributed by atoms with Crippen molar-refractivity contribution in [3.8, 4) is 11.5 Å². The van der Waals surface area contributed by atoms with Crippen LogP contribution in [0.15, 0.2) is 18.2 Å². The Balaban J connectivity index is 1.96. The van der Waals surface area contributed by atoms with Crippen molar-refractivity contribution < 1.29 is 14.2 Å². The molecule has 1 saturated heterocycles. The molecule has 2 atom stereocenters. The molecule has 0 spiro atoms. The fraction of sp³-hybridized carbons (Fsp3) is 0.538. The molecule has 2 rings (SSSR count). The highest BCUT2D eigenvalue weighted by molar-refractivity contribution is 5.51. The van der Waals surface area contributed by atoms with Crippen LogP contribution in [0.5, 0.6) is 11.5 Å². The third-order valence-corrected chi connectivity index (χ3v) is 2.93. The summed E-state index contributed by atoms with van der Waals surface area (Å²) in [7, 11) is 1.62. The number of rotatable bonds is 4. The second-order valence-electron chi connectivity index (χ2n) is 4.37. The summed E-state index contributed by atoms with van der Waals surface area (Å²) in [6.07, 6.45) is 2.66. The van der Waals surface area contributed by atoms with Crippen molar-refractivity contribution in [3.63, 3.8) is 0 Å². The molecule has 17 heavy (non-hydrogen) atoms. The van der Waals surface area contributed by atoms with Crippen molar-refractivity contribution in [1.82, 2.24) is 0 Å². The lowest BCUT2D eigenvalue weighted by Crippen LogP contribution is -2.18. The molecule has 0 bridgehead atoms. The van der Waals surface area contributed by atoms with E-state index >= 15 is 0 Å². The number of methoxy groups -OCH3 is 1. The largest absolute Gasteiger partial charge is 0.493 e. The lowest BCUT2D eigenvalue weighted by Gasteiger charge is -2.15. The van der Waals surface area contributed by atoms with Gasteiger partial charge in [0.1, 0.15) is 6.61 Å². The highest BCUT2D eigenvalue weighted by Gasteiger charge is 2.22. The molecule has 0 amide bonds. The van der Waals surface area contributed by atoms with Crippen molar-refractivity contribution in [2.75, 3.05) is 19.5 Å². The van der Waals surface area contributed by atoms with Gasteiger partial charge in [-0.3, -0.25) is 0 Å². The van der Waals surface area contributed by atoms with Crippen molar-refractivity contribution >= 4 is 5.69 Å². The maximum Gasteiger partial charge on any atom is 0.163 e. The summed E-state index contributed by atoms with van der Waals surface area (Å²) in [5.41, 5.74) is 6.39. The highest BCUT2D eigenvalue weighted by atomic mass is 16.6. The lowest BCUT2D eigenvalue weighted by molar-refractivity contribution is 0.0259. The number of hydrogen-bond acceptors (Lipinski definition) is 4. The predicted octanol–water partition coefficient (Wildman–Crippen LogP) is 2.22. The topological polar surface area (TPSA) is 53.7 Å². The molecule has 1 aromatic rings. The van der Waals surface area contributed by atoms with E-state index in [2.05, 4.69) is 6.92 Å². The summed E-state index contributed by atoms with van der Waals surface area (Å²) in [6.45, 7) is 2.63. The van der Waals surface area contributed by atoms with Crippen LogP contribution in [0.25, 0.3) is 0 Å². The number of anilines is 1. The van der Waals surface area contributed by atoms with Crippen molar-refractivity contribution in [3.05, 3.63) is 18.2 Å². The first-order chi connectivity index (χ1) is 8.19.